The van der Waals surface area contributed by atoms with E-state index >= 15 is 0 Å². The summed E-state index contributed by atoms with van der Waals surface area (Å²) in [7, 11) is 3.06. The lowest BCUT2D eigenvalue weighted by Gasteiger charge is -2.13. The van der Waals surface area contributed by atoms with Crippen molar-refractivity contribution in [3.63, 3.8) is 0 Å². The first-order valence-electron chi connectivity index (χ1n) is 7.64. The Labute approximate surface area is 152 Å². The first-order chi connectivity index (χ1) is 12.5. The first kappa shape index (κ1) is 17.8. The molecule has 0 saturated heterocycles. The average molecular weight is 375 g/mol. The second-order valence-electron chi connectivity index (χ2n) is 5.29. The number of methoxy groups -OCH3 is 2. The highest BCUT2D eigenvalue weighted by atomic mass is 32.2. The number of aromatic nitrogens is 4. The van der Waals surface area contributed by atoms with Gasteiger partial charge in [0.05, 0.1) is 25.8 Å². The summed E-state index contributed by atoms with van der Waals surface area (Å²) in [6.07, 6.45) is 1.40. The second kappa shape index (κ2) is 7.48. The Kier molecular flexibility index (Phi) is 5.12. The van der Waals surface area contributed by atoms with Crippen LogP contribution >= 0.6 is 11.8 Å². The number of amides is 1. The molecule has 9 nitrogen and oxygen atoms in total. The number of ether oxygens (including phenoxy) is 2. The Balaban J connectivity index is 1.72. The van der Waals surface area contributed by atoms with E-state index in [4.69, 9.17) is 9.47 Å². The Morgan fingerprint density at radius 3 is 2.77 bits per heavy atom. The quantitative estimate of drug-likeness (QED) is 0.443. The summed E-state index contributed by atoms with van der Waals surface area (Å²) in [5.74, 6) is 0.842. The highest BCUT2D eigenvalue weighted by Crippen LogP contribution is 2.30. The summed E-state index contributed by atoms with van der Waals surface area (Å²) in [4.78, 5) is 37.9. The molecule has 0 radical (unpaired) electrons. The number of hydrogen-bond donors (Lipinski definition) is 3. The Hall–Kier alpha value is -3.01. The molecule has 136 valence electrons. The van der Waals surface area contributed by atoms with Gasteiger partial charge in [0.25, 0.3) is 5.56 Å². The van der Waals surface area contributed by atoms with Crippen molar-refractivity contribution < 1.29 is 14.3 Å². The molecule has 26 heavy (non-hydrogen) atoms. The molecule has 3 rings (SSSR count). The zero-order chi connectivity index (χ0) is 18.7. The van der Waals surface area contributed by atoms with E-state index < -0.39 is 5.25 Å². The average Bonchev–Trinajstić information content (AvgIpc) is 3.10. The van der Waals surface area contributed by atoms with E-state index in [-0.39, 0.29) is 11.5 Å². The van der Waals surface area contributed by atoms with Crippen molar-refractivity contribution in [2.75, 3.05) is 19.5 Å². The first-order valence-corrected chi connectivity index (χ1v) is 8.52. The maximum atomic E-state index is 12.4. The Bertz CT molecular complexity index is 1000. The van der Waals surface area contributed by atoms with Crippen LogP contribution in [0.5, 0.6) is 11.5 Å². The van der Waals surface area contributed by atoms with Gasteiger partial charge in [-0.15, -0.1) is 0 Å². The monoisotopic (exact) mass is 375 g/mol. The van der Waals surface area contributed by atoms with Gasteiger partial charge in [0.1, 0.15) is 0 Å². The molecule has 2 aromatic heterocycles. The van der Waals surface area contributed by atoms with E-state index in [9.17, 15) is 9.59 Å². The van der Waals surface area contributed by atoms with Crippen LogP contribution in [0.2, 0.25) is 0 Å². The van der Waals surface area contributed by atoms with Gasteiger partial charge in [-0.25, -0.2) is 9.97 Å². The lowest BCUT2D eigenvalue weighted by Crippen LogP contribution is -2.23. The van der Waals surface area contributed by atoms with E-state index in [1.807, 2.05) is 0 Å². The van der Waals surface area contributed by atoms with Gasteiger partial charge < -0.3 is 19.8 Å². The van der Waals surface area contributed by atoms with Crippen molar-refractivity contribution in [3.8, 4) is 11.5 Å². The number of carbonyl (C=O) groups excluding carboxylic acids is 1. The number of nitrogens with one attached hydrogen (secondary N) is 3. The summed E-state index contributed by atoms with van der Waals surface area (Å²) in [6, 6.07) is 5.09. The number of nitrogens with zero attached hydrogens (tertiary/aromatic N) is 2. The number of carbonyl (C=O) groups is 1. The van der Waals surface area contributed by atoms with Gasteiger partial charge >= 0.3 is 0 Å². The van der Waals surface area contributed by atoms with Gasteiger partial charge in [-0.2, -0.15) is 0 Å². The zero-order valence-electron chi connectivity index (χ0n) is 14.3. The summed E-state index contributed by atoms with van der Waals surface area (Å²) < 4.78 is 10.4. The maximum absolute atomic E-state index is 12.4. The van der Waals surface area contributed by atoms with Gasteiger partial charge in [0.15, 0.2) is 27.8 Å². The normalized spacial score (nSPS) is 12.0. The van der Waals surface area contributed by atoms with Gasteiger partial charge in [-0.3, -0.25) is 14.6 Å². The molecule has 1 atom stereocenters. The smallest absolute Gasteiger partial charge is 0.277 e. The molecule has 0 spiro atoms. The predicted molar refractivity (Wildman–Crippen MR) is 98.0 cm³/mol. The highest BCUT2D eigenvalue weighted by Gasteiger charge is 2.18. The number of anilines is 1. The fourth-order valence-electron chi connectivity index (χ4n) is 2.26. The maximum Gasteiger partial charge on any atom is 0.277 e. The fraction of sp³-hybridized carbons (Fsp3) is 0.250. The van der Waals surface area contributed by atoms with Gasteiger partial charge in [0, 0.05) is 11.8 Å². The molecule has 0 aliphatic rings. The summed E-state index contributed by atoms with van der Waals surface area (Å²) in [6.45, 7) is 1.72. The molecule has 2 heterocycles. The second-order valence-corrected chi connectivity index (χ2v) is 6.62. The van der Waals surface area contributed by atoms with Crippen LogP contribution in [0.4, 0.5) is 5.69 Å². The minimum Gasteiger partial charge on any atom is -0.493 e. The number of rotatable bonds is 6. The molecule has 1 aromatic carbocycles. The SMILES string of the molecule is COc1ccc(NC(=O)C(C)Sc2nc3nc[nH]c3c(=O)[nH]2)cc1OC. The van der Waals surface area contributed by atoms with Crippen LogP contribution in [0.25, 0.3) is 11.2 Å². The van der Waals surface area contributed by atoms with Crippen molar-refractivity contribution in [2.45, 2.75) is 17.3 Å². The van der Waals surface area contributed by atoms with Crippen molar-refractivity contribution in [1.29, 1.82) is 0 Å². The molecule has 3 N–H and O–H groups in total. The van der Waals surface area contributed by atoms with E-state index in [2.05, 4.69) is 25.3 Å². The molecule has 0 bridgehead atoms. The van der Waals surface area contributed by atoms with E-state index in [1.165, 1.54) is 13.4 Å². The van der Waals surface area contributed by atoms with Crippen LogP contribution in [0, 0.1) is 0 Å². The summed E-state index contributed by atoms with van der Waals surface area (Å²) in [5, 5.41) is 2.62. The standard InChI is InChI=1S/C16H17N5O4S/c1-8(26-16-20-13-12(15(23)21-16)17-7-18-13)14(22)19-9-4-5-10(24-2)11(6-9)25-3/h4-8H,1-3H3,(H,19,22)(H2,17,18,20,21,23). The third-order valence-electron chi connectivity index (χ3n) is 3.58. The van der Waals surface area contributed by atoms with E-state index in [1.54, 1.807) is 32.2 Å². The van der Waals surface area contributed by atoms with E-state index in [0.717, 1.165) is 11.8 Å². The number of H-pyrrole nitrogens is 2. The number of imidazole rings is 1. The summed E-state index contributed by atoms with van der Waals surface area (Å²) in [5.41, 5.74) is 0.854. The number of benzene rings is 1. The summed E-state index contributed by atoms with van der Waals surface area (Å²) >= 11 is 1.13. The number of fused-ring (bicyclic) bond motifs is 1. The van der Waals surface area contributed by atoms with Crippen LogP contribution in [0.3, 0.4) is 0 Å². The topological polar surface area (TPSA) is 122 Å². The van der Waals surface area contributed by atoms with Crippen LogP contribution in [0.15, 0.2) is 34.5 Å². The highest BCUT2D eigenvalue weighted by molar-refractivity contribution is 8.00. The third-order valence-corrected chi connectivity index (χ3v) is 4.57. The molecule has 0 aliphatic carbocycles. The molecule has 0 saturated carbocycles. The van der Waals surface area contributed by atoms with Crippen molar-refractivity contribution in [3.05, 3.63) is 34.9 Å². The van der Waals surface area contributed by atoms with Crippen LogP contribution in [-0.2, 0) is 4.79 Å². The molecule has 1 amide bonds. The lowest BCUT2D eigenvalue weighted by atomic mass is 10.2. The predicted octanol–water partition coefficient (Wildman–Crippen LogP) is 1.78. The van der Waals surface area contributed by atoms with E-state index in [0.29, 0.717) is 33.5 Å². The largest absolute Gasteiger partial charge is 0.493 e. The molecule has 3 aromatic rings. The Morgan fingerprint density at radius 1 is 1.27 bits per heavy atom. The molecular weight excluding hydrogens is 358 g/mol. The van der Waals surface area contributed by atoms with Crippen molar-refractivity contribution >= 4 is 34.5 Å². The van der Waals surface area contributed by atoms with Crippen LogP contribution < -0.4 is 20.3 Å². The third kappa shape index (κ3) is 3.64. The lowest BCUT2D eigenvalue weighted by molar-refractivity contribution is -0.115. The van der Waals surface area contributed by atoms with Gasteiger partial charge in [-0.1, -0.05) is 11.8 Å². The molecular formula is C16H17N5O4S. The molecule has 0 aliphatic heterocycles. The minimum atomic E-state index is -0.498. The molecule has 10 heteroatoms. The minimum absolute atomic E-state index is 0.244. The fourth-order valence-corrected chi connectivity index (χ4v) is 3.05. The molecule has 0 fully saturated rings. The van der Waals surface area contributed by atoms with Crippen LogP contribution in [-0.4, -0.2) is 45.3 Å². The van der Waals surface area contributed by atoms with Crippen molar-refractivity contribution in [2.24, 2.45) is 0 Å². The van der Waals surface area contributed by atoms with Crippen LogP contribution in [0.1, 0.15) is 6.92 Å². The van der Waals surface area contributed by atoms with Gasteiger partial charge in [0.2, 0.25) is 5.91 Å². The number of aromatic amines is 2. The number of hydrogen-bond acceptors (Lipinski definition) is 7. The Morgan fingerprint density at radius 2 is 2.04 bits per heavy atom. The number of thioether (sulfide) groups is 1. The van der Waals surface area contributed by atoms with Gasteiger partial charge in [-0.05, 0) is 19.1 Å². The zero-order valence-corrected chi connectivity index (χ0v) is 15.1. The molecule has 1 unspecified atom stereocenters. The van der Waals surface area contributed by atoms with Crippen molar-refractivity contribution in [1.82, 2.24) is 19.9 Å².